The highest BCUT2D eigenvalue weighted by Gasteiger charge is 2.29. The van der Waals surface area contributed by atoms with Gasteiger partial charge in [-0.1, -0.05) is 18.2 Å². The van der Waals surface area contributed by atoms with Gasteiger partial charge < -0.3 is 15.4 Å². The van der Waals surface area contributed by atoms with Crippen molar-refractivity contribution in [3.63, 3.8) is 0 Å². The first-order chi connectivity index (χ1) is 10.0. The van der Waals surface area contributed by atoms with Crippen LogP contribution in [0.5, 0.6) is 6.01 Å². The number of nitrogen functional groups attached to an aromatic ring is 1. The minimum Gasteiger partial charge on any atom is -0.461 e. The normalized spacial score (nSPS) is 17.1. The van der Waals surface area contributed by atoms with Gasteiger partial charge in [0.2, 0.25) is 11.9 Å². The number of hydrogen-bond acceptors (Lipinski definition) is 6. The maximum absolute atomic E-state index is 5.80. The fourth-order valence-corrected chi connectivity index (χ4v) is 2.60. The first-order valence-corrected chi connectivity index (χ1v) is 7.10. The Kier molecular flexibility index (Phi) is 3.37. The first-order valence-electron chi connectivity index (χ1n) is 7.10. The van der Waals surface area contributed by atoms with E-state index >= 15 is 0 Å². The van der Waals surface area contributed by atoms with Crippen LogP contribution in [0.25, 0.3) is 0 Å². The number of nitrogens with zero attached hydrogens (tertiary/aromatic N) is 4. The van der Waals surface area contributed by atoms with Gasteiger partial charge in [-0.05, 0) is 38.8 Å². The van der Waals surface area contributed by atoms with Crippen molar-refractivity contribution in [2.24, 2.45) is 0 Å². The molecule has 1 aromatic carbocycles. The molecule has 0 radical (unpaired) electrons. The third-order valence-electron chi connectivity index (χ3n) is 3.38. The lowest BCUT2D eigenvalue weighted by Gasteiger charge is -2.23. The maximum Gasteiger partial charge on any atom is 0.323 e. The number of ether oxygens (including phenoxy) is 1. The summed E-state index contributed by atoms with van der Waals surface area (Å²) in [4.78, 5) is 14.8. The van der Waals surface area contributed by atoms with E-state index in [9.17, 15) is 0 Å². The predicted octanol–water partition coefficient (Wildman–Crippen LogP) is 2.32. The van der Waals surface area contributed by atoms with Crippen molar-refractivity contribution in [1.29, 1.82) is 0 Å². The summed E-state index contributed by atoms with van der Waals surface area (Å²) in [6, 6.07) is 8.80. The molecule has 1 unspecified atom stereocenters. The summed E-state index contributed by atoms with van der Waals surface area (Å²) >= 11 is 0. The molecule has 1 atom stereocenters. The van der Waals surface area contributed by atoms with Gasteiger partial charge in [0.05, 0.1) is 6.10 Å². The van der Waals surface area contributed by atoms with E-state index in [0.717, 1.165) is 12.1 Å². The minimum atomic E-state index is -0.0112. The monoisotopic (exact) mass is 285 g/mol. The number of hydrogen-bond donors (Lipinski definition) is 1. The molecule has 3 rings (SSSR count). The van der Waals surface area contributed by atoms with Crippen LogP contribution in [0.4, 0.5) is 17.6 Å². The molecule has 0 amide bonds. The third kappa shape index (κ3) is 2.61. The molecule has 1 aliphatic rings. The van der Waals surface area contributed by atoms with E-state index in [0.29, 0.717) is 5.95 Å². The highest BCUT2D eigenvalue weighted by Crippen LogP contribution is 2.36. The van der Waals surface area contributed by atoms with E-state index in [-0.39, 0.29) is 24.1 Å². The molecule has 2 N–H and O–H groups in total. The van der Waals surface area contributed by atoms with Gasteiger partial charge in [-0.3, -0.25) is 0 Å². The van der Waals surface area contributed by atoms with Crippen LogP contribution < -0.4 is 15.4 Å². The summed E-state index contributed by atoms with van der Waals surface area (Å²) in [5.74, 6) is 0.711. The molecule has 0 saturated heterocycles. The second-order valence-electron chi connectivity index (χ2n) is 5.49. The molecule has 1 aromatic heterocycles. The van der Waals surface area contributed by atoms with Crippen LogP contribution in [-0.4, -0.2) is 27.1 Å². The molecule has 2 aromatic rings. The van der Waals surface area contributed by atoms with Gasteiger partial charge in [-0.25, -0.2) is 0 Å². The Balaban J connectivity index is 2.02. The second kappa shape index (κ2) is 5.20. The lowest BCUT2D eigenvalue weighted by Crippen LogP contribution is -2.26. The third-order valence-corrected chi connectivity index (χ3v) is 3.38. The smallest absolute Gasteiger partial charge is 0.323 e. The van der Waals surface area contributed by atoms with Crippen molar-refractivity contribution < 1.29 is 4.74 Å². The standard InChI is InChI=1S/C15H19N5O/c1-9(2)21-15-18-13(16)17-14(19-15)20-10(3)8-11-6-4-5-7-12(11)20/h4-7,9-10H,8H2,1-3H3,(H2,16,17,18,19). The van der Waals surface area contributed by atoms with E-state index in [4.69, 9.17) is 10.5 Å². The van der Waals surface area contributed by atoms with E-state index in [1.54, 1.807) is 0 Å². The summed E-state index contributed by atoms with van der Waals surface area (Å²) in [6.45, 7) is 5.99. The zero-order valence-electron chi connectivity index (χ0n) is 12.4. The Bertz CT molecular complexity index is 658. The van der Waals surface area contributed by atoms with Crippen LogP contribution in [0.3, 0.4) is 0 Å². The fraction of sp³-hybridized carbons (Fsp3) is 0.400. The average Bonchev–Trinajstić information content (AvgIpc) is 2.72. The van der Waals surface area contributed by atoms with Gasteiger partial charge in [0, 0.05) is 11.7 Å². The van der Waals surface area contributed by atoms with Gasteiger partial charge in [0.15, 0.2) is 0 Å². The largest absolute Gasteiger partial charge is 0.461 e. The molecular formula is C15H19N5O. The molecule has 21 heavy (non-hydrogen) atoms. The lowest BCUT2D eigenvalue weighted by molar-refractivity contribution is 0.222. The topological polar surface area (TPSA) is 77.2 Å². The molecule has 6 heteroatoms. The van der Waals surface area contributed by atoms with E-state index < -0.39 is 0 Å². The number of para-hydroxylation sites is 1. The van der Waals surface area contributed by atoms with Crippen molar-refractivity contribution >= 4 is 17.6 Å². The van der Waals surface area contributed by atoms with Crippen LogP contribution in [0.1, 0.15) is 26.3 Å². The predicted molar refractivity (Wildman–Crippen MR) is 81.8 cm³/mol. The van der Waals surface area contributed by atoms with Crippen LogP contribution in [0.15, 0.2) is 24.3 Å². The Morgan fingerprint density at radius 1 is 1.24 bits per heavy atom. The fourth-order valence-electron chi connectivity index (χ4n) is 2.60. The maximum atomic E-state index is 5.80. The molecule has 110 valence electrons. The second-order valence-corrected chi connectivity index (χ2v) is 5.49. The van der Waals surface area contributed by atoms with Gasteiger partial charge in [0.1, 0.15) is 0 Å². The van der Waals surface area contributed by atoms with Gasteiger partial charge in [-0.2, -0.15) is 15.0 Å². The number of nitrogens with two attached hydrogens (primary N) is 1. The Hall–Kier alpha value is -2.37. The number of rotatable bonds is 3. The summed E-state index contributed by atoms with van der Waals surface area (Å²) in [5, 5.41) is 0. The van der Waals surface area contributed by atoms with Crippen molar-refractivity contribution in [1.82, 2.24) is 15.0 Å². The van der Waals surface area contributed by atoms with Gasteiger partial charge in [-0.15, -0.1) is 0 Å². The van der Waals surface area contributed by atoms with Crippen molar-refractivity contribution in [2.45, 2.75) is 39.3 Å². The highest BCUT2D eigenvalue weighted by molar-refractivity contribution is 5.67. The summed E-state index contributed by atoms with van der Waals surface area (Å²) < 4.78 is 5.55. The zero-order chi connectivity index (χ0) is 15.0. The van der Waals surface area contributed by atoms with Crippen LogP contribution in [0, 0.1) is 0 Å². The highest BCUT2D eigenvalue weighted by atomic mass is 16.5. The quantitative estimate of drug-likeness (QED) is 0.932. The van der Waals surface area contributed by atoms with Crippen molar-refractivity contribution in [3.05, 3.63) is 29.8 Å². The molecule has 2 heterocycles. The molecule has 6 nitrogen and oxygen atoms in total. The Labute approximate surface area is 124 Å². The van der Waals surface area contributed by atoms with Crippen LogP contribution >= 0.6 is 0 Å². The van der Waals surface area contributed by atoms with Gasteiger partial charge >= 0.3 is 6.01 Å². The van der Waals surface area contributed by atoms with Crippen molar-refractivity contribution in [3.8, 4) is 6.01 Å². The zero-order valence-corrected chi connectivity index (χ0v) is 12.4. The molecule has 1 aliphatic heterocycles. The lowest BCUT2D eigenvalue weighted by atomic mass is 10.1. The SMILES string of the molecule is CC(C)Oc1nc(N)nc(N2c3ccccc3CC2C)n1. The number of fused-ring (bicyclic) bond motifs is 1. The number of aromatic nitrogens is 3. The van der Waals surface area contributed by atoms with Crippen LogP contribution in [-0.2, 0) is 6.42 Å². The van der Waals surface area contributed by atoms with Gasteiger partial charge in [0.25, 0.3) is 0 Å². The summed E-state index contributed by atoms with van der Waals surface area (Å²) in [5.41, 5.74) is 8.20. The summed E-state index contributed by atoms with van der Waals surface area (Å²) in [6.07, 6.45) is 0.949. The molecule has 0 aliphatic carbocycles. The molecule has 0 saturated carbocycles. The minimum absolute atomic E-state index is 0.0112. The molecule has 0 bridgehead atoms. The molecular weight excluding hydrogens is 266 g/mol. The average molecular weight is 285 g/mol. The Morgan fingerprint density at radius 2 is 2.00 bits per heavy atom. The van der Waals surface area contributed by atoms with E-state index in [2.05, 4.69) is 38.9 Å². The summed E-state index contributed by atoms with van der Waals surface area (Å²) in [7, 11) is 0. The van der Waals surface area contributed by atoms with E-state index in [1.807, 2.05) is 26.0 Å². The van der Waals surface area contributed by atoms with Crippen LogP contribution in [0.2, 0.25) is 0 Å². The first kappa shape index (κ1) is 13.6. The van der Waals surface area contributed by atoms with Crippen molar-refractivity contribution in [2.75, 3.05) is 10.6 Å². The molecule has 0 fully saturated rings. The molecule has 0 spiro atoms. The number of benzene rings is 1. The van der Waals surface area contributed by atoms with E-state index in [1.165, 1.54) is 5.56 Å². The number of anilines is 3. The Morgan fingerprint density at radius 3 is 2.76 bits per heavy atom.